The highest BCUT2D eigenvalue weighted by Gasteiger charge is 2.33. The first-order chi connectivity index (χ1) is 13.0. The second-order valence-corrected chi connectivity index (χ2v) is 10.4. The molecule has 0 aromatic heterocycles. The van der Waals surface area contributed by atoms with Crippen molar-refractivity contribution >= 4 is 0 Å². The summed E-state index contributed by atoms with van der Waals surface area (Å²) in [7, 11) is 0. The van der Waals surface area contributed by atoms with Crippen LogP contribution in [0.5, 0.6) is 5.75 Å². The first-order valence-electron chi connectivity index (χ1n) is 10.5. The summed E-state index contributed by atoms with van der Waals surface area (Å²) in [6.45, 7) is 16.1. The lowest BCUT2D eigenvalue weighted by molar-refractivity contribution is 0.0980. The van der Waals surface area contributed by atoms with Gasteiger partial charge in [0.05, 0.1) is 6.10 Å². The SMILES string of the molecule is Cc1ccccc1C(c1cc(C(C)(C)C)c(O)c(C(C)(C)C)c1)C1CCCO1. The first-order valence-corrected chi connectivity index (χ1v) is 10.5. The van der Waals surface area contributed by atoms with Gasteiger partial charge in [0.25, 0.3) is 0 Å². The van der Waals surface area contributed by atoms with Crippen LogP contribution < -0.4 is 0 Å². The molecule has 1 N–H and O–H groups in total. The van der Waals surface area contributed by atoms with Gasteiger partial charge in [-0.1, -0.05) is 77.9 Å². The minimum absolute atomic E-state index is 0.132. The maximum Gasteiger partial charge on any atom is 0.123 e. The van der Waals surface area contributed by atoms with Crippen molar-refractivity contribution in [3.8, 4) is 5.75 Å². The van der Waals surface area contributed by atoms with Gasteiger partial charge in [0.1, 0.15) is 5.75 Å². The molecule has 1 fully saturated rings. The zero-order valence-electron chi connectivity index (χ0n) is 18.6. The van der Waals surface area contributed by atoms with Crippen molar-refractivity contribution in [3.63, 3.8) is 0 Å². The molecule has 2 heteroatoms. The monoisotopic (exact) mass is 380 g/mol. The van der Waals surface area contributed by atoms with Crippen molar-refractivity contribution in [2.75, 3.05) is 6.61 Å². The second kappa shape index (κ2) is 7.55. The van der Waals surface area contributed by atoms with Gasteiger partial charge in [0.2, 0.25) is 0 Å². The van der Waals surface area contributed by atoms with Gasteiger partial charge in [0.15, 0.2) is 0 Å². The number of aromatic hydroxyl groups is 1. The minimum atomic E-state index is -0.132. The van der Waals surface area contributed by atoms with Gasteiger partial charge >= 0.3 is 0 Å². The standard InChI is InChI=1S/C26H36O2/c1-17-11-8-9-12-19(17)23(22-13-10-14-28-22)18-15-20(25(2,3)4)24(27)21(16-18)26(5,6)7/h8-9,11-12,15-16,22-23,27H,10,13-14H2,1-7H3. The van der Waals surface area contributed by atoms with E-state index in [1.807, 2.05) is 0 Å². The van der Waals surface area contributed by atoms with E-state index in [9.17, 15) is 5.11 Å². The molecular formula is C26H36O2. The van der Waals surface area contributed by atoms with Gasteiger partial charge in [-0.2, -0.15) is 0 Å². The van der Waals surface area contributed by atoms with Crippen molar-refractivity contribution in [3.05, 3.63) is 64.2 Å². The number of phenols is 1. The Balaban J connectivity index is 2.26. The van der Waals surface area contributed by atoms with Gasteiger partial charge in [-0.05, 0) is 58.4 Å². The number of hydrogen-bond donors (Lipinski definition) is 1. The maximum atomic E-state index is 11.1. The predicted molar refractivity (Wildman–Crippen MR) is 118 cm³/mol. The Kier molecular flexibility index (Phi) is 5.64. The zero-order valence-corrected chi connectivity index (χ0v) is 18.6. The molecule has 2 aromatic carbocycles. The predicted octanol–water partition coefficient (Wildman–Crippen LogP) is 6.61. The lowest BCUT2D eigenvalue weighted by Gasteiger charge is -2.32. The van der Waals surface area contributed by atoms with Gasteiger partial charge in [-0.3, -0.25) is 0 Å². The van der Waals surface area contributed by atoms with E-state index < -0.39 is 0 Å². The number of hydrogen-bond acceptors (Lipinski definition) is 2. The summed E-state index contributed by atoms with van der Waals surface area (Å²) in [6.07, 6.45) is 2.38. The molecule has 28 heavy (non-hydrogen) atoms. The van der Waals surface area contributed by atoms with Crippen molar-refractivity contribution in [1.29, 1.82) is 0 Å². The van der Waals surface area contributed by atoms with Crippen molar-refractivity contribution in [2.24, 2.45) is 0 Å². The van der Waals surface area contributed by atoms with Crippen molar-refractivity contribution < 1.29 is 9.84 Å². The summed E-state index contributed by atoms with van der Waals surface area (Å²) in [5.41, 5.74) is 5.66. The van der Waals surface area contributed by atoms with Gasteiger partial charge in [0, 0.05) is 12.5 Å². The van der Waals surface area contributed by atoms with Gasteiger partial charge < -0.3 is 9.84 Å². The average molecular weight is 381 g/mol. The maximum absolute atomic E-state index is 11.1. The first kappa shape index (κ1) is 20.9. The van der Waals surface area contributed by atoms with Gasteiger partial charge in [-0.15, -0.1) is 0 Å². The summed E-state index contributed by atoms with van der Waals surface area (Å²) in [5.74, 6) is 0.631. The molecule has 152 valence electrons. The lowest BCUT2D eigenvalue weighted by atomic mass is 9.74. The van der Waals surface area contributed by atoms with E-state index in [0.717, 1.165) is 30.6 Å². The third-order valence-electron chi connectivity index (χ3n) is 5.97. The number of phenolic OH excluding ortho intramolecular Hbond substituents is 1. The fraction of sp³-hybridized carbons (Fsp3) is 0.538. The summed E-state index contributed by atoms with van der Waals surface area (Å²) in [6, 6.07) is 13.1. The summed E-state index contributed by atoms with van der Waals surface area (Å²) >= 11 is 0. The fourth-order valence-electron chi connectivity index (χ4n) is 4.38. The Bertz CT molecular complexity index is 795. The van der Waals surface area contributed by atoms with E-state index >= 15 is 0 Å². The van der Waals surface area contributed by atoms with Crippen LogP contribution in [0.1, 0.15) is 88.1 Å². The van der Waals surface area contributed by atoms with Crippen LogP contribution in [-0.2, 0) is 15.6 Å². The molecule has 1 heterocycles. The lowest BCUT2D eigenvalue weighted by Crippen LogP contribution is -2.23. The van der Waals surface area contributed by atoms with E-state index in [1.54, 1.807) is 0 Å². The smallest absolute Gasteiger partial charge is 0.123 e. The molecule has 1 aliphatic rings. The second-order valence-electron chi connectivity index (χ2n) is 10.4. The number of benzene rings is 2. The molecule has 3 rings (SSSR count). The highest BCUT2D eigenvalue weighted by Crippen LogP contribution is 2.44. The van der Waals surface area contributed by atoms with Crippen LogP contribution in [0.4, 0.5) is 0 Å². The van der Waals surface area contributed by atoms with Crippen LogP contribution in [-0.4, -0.2) is 17.8 Å². The third-order valence-corrected chi connectivity index (χ3v) is 5.97. The molecule has 0 saturated carbocycles. The number of aryl methyl sites for hydroxylation is 1. The minimum Gasteiger partial charge on any atom is -0.507 e. The molecule has 0 aliphatic carbocycles. The molecule has 0 bridgehead atoms. The molecular weight excluding hydrogens is 344 g/mol. The third kappa shape index (κ3) is 4.12. The van der Waals surface area contributed by atoms with Crippen LogP contribution in [0, 0.1) is 6.92 Å². The largest absolute Gasteiger partial charge is 0.507 e. The highest BCUT2D eigenvalue weighted by atomic mass is 16.5. The summed E-state index contributed by atoms with van der Waals surface area (Å²) in [4.78, 5) is 0. The molecule has 2 atom stereocenters. The van der Waals surface area contributed by atoms with Crippen LogP contribution in [0.2, 0.25) is 0 Å². The summed E-state index contributed by atoms with van der Waals surface area (Å²) in [5, 5.41) is 11.1. The molecule has 2 unspecified atom stereocenters. The topological polar surface area (TPSA) is 29.5 Å². The van der Waals surface area contributed by atoms with E-state index in [2.05, 4.69) is 84.9 Å². The number of ether oxygens (including phenoxy) is 1. The molecule has 2 aromatic rings. The zero-order chi connectivity index (χ0) is 20.7. The Morgan fingerprint density at radius 2 is 1.54 bits per heavy atom. The van der Waals surface area contributed by atoms with Crippen LogP contribution >= 0.6 is 0 Å². The molecule has 2 nitrogen and oxygen atoms in total. The van der Waals surface area contributed by atoms with Crippen LogP contribution in [0.3, 0.4) is 0 Å². The van der Waals surface area contributed by atoms with E-state index in [-0.39, 0.29) is 22.9 Å². The van der Waals surface area contributed by atoms with Gasteiger partial charge in [-0.25, -0.2) is 0 Å². The molecule has 1 saturated heterocycles. The molecule has 0 amide bonds. The Labute approximate surface area is 170 Å². The highest BCUT2D eigenvalue weighted by molar-refractivity contribution is 5.53. The van der Waals surface area contributed by atoms with E-state index in [1.165, 1.54) is 16.7 Å². The molecule has 1 aliphatic heterocycles. The van der Waals surface area contributed by atoms with Crippen molar-refractivity contribution in [2.45, 2.75) is 84.2 Å². The Morgan fingerprint density at radius 3 is 2.00 bits per heavy atom. The fourth-order valence-corrected chi connectivity index (χ4v) is 4.38. The Hall–Kier alpha value is -1.80. The molecule has 0 spiro atoms. The van der Waals surface area contributed by atoms with Crippen LogP contribution in [0.15, 0.2) is 36.4 Å². The van der Waals surface area contributed by atoms with Crippen LogP contribution in [0.25, 0.3) is 0 Å². The summed E-state index contributed by atoms with van der Waals surface area (Å²) < 4.78 is 6.20. The van der Waals surface area contributed by atoms with E-state index in [4.69, 9.17) is 4.74 Å². The quantitative estimate of drug-likeness (QED) is 0.649. The average Bonchev–Trinajstić information content (AvgIpc) is 3.10. The number of rotatable bonds is 3. The normalized spacial score (nSPS) is 19.0. The van der Waals surface area contributed by atoms with E-state index in [0.29, 0.717) is 5.75 Å². The molecule has 0 radical (unpaired) electrons. The van der Waals surface area contributed by atoms with Crippen molar-refractivity contribution in [1.82, 2.24) is 0 Å². The Morgan fingerprint density at radius 1 is 0.964 bits per heavy atom.